The minimum absolute atomic E-state index is 0.0501. The molecule has 3 nitrogen and oxygen atoms in total. The largest absolute Gasteiger partial charge is 0.462 e. The zero-order chi connectivity index (χ0) is 15.0. The SMILES string of the molecule is NC1=C(c2sccc2C(F)F)C(=O)C(c2ccccc2)O1. The van der Waals surface area contributed by atoms with Crippen LogP contribution in [-0.2, 0) is 9.53 Å². The zero-order valence-electron chi connectivity index (χ0n) is 10.8. The van der Waals surface area contributed by atoms with Crippen molar-refractivity contribution in [2.24, 2.45) is 5.73 Å². The second-order valence-corrected chi connectivity index (χ2v) is 5.43. The summed E-state index contributed by atoms with van der Waals surface area (Å²) in [6.45, 7) is 0. The standard InChI is InChI=1S/C15H11F2NO2S/c16-14(17)9-6-7-21-13(9)10-11(19)12(20-15(10)18)8-4-2-1-3-5-8/h1-7,12,14H,18H2. The molecule has 2 heterocycles. The number of rotatable bonds is 3. The molecule has 1 unspecified atom stereocenters. The Kier molecular flexibility index (Phi) is 3.47. The molecule has 21 heavy (non-hydrogen) atoms. The van der Waals surface area contributed by atoms with Gasteiger partial charge in [-0.15, -0.1) is 11.3 Å². The van der Waals surface area contributed by atoms with Crippen LogP contribution >= 0.6 is 11.3 Å². The second-order valence-electron chi connectivity index (χ2n) is 4.52. The molecule has 108 valence electrons. The number of nitrogens with two attached hydrogens (primary N) is 1. The summed E-state index contributed by atoms with van der Waals surface area (Å²) in [5.41, 5.74) is 6.26. The number of ether oxygens (including phenoxy) is 1. The lowest BCUT2D eigenvalue weighted by molar-refractivity contribution is -0.120. The van der Waals surface area contributed by atoms with E-state index in [4.69, 9.17) is 10.5 Å². The van der Waals surface area contributed by atoms with Crippen LogP contribution < -0.4 is 5.73 Å². The summed E-state index contributed by atoms with van der Waals surface area (Å²) in [4.78, 5) is 12.7. The molecule has 3 rings (SSSR count). The molecule has 0 amide bonds. The van der Waals surface area contributed by atoms with Crippen molar-refractivity contribution in [2.45, 2.75) is 12.5 Å². The van der Waals surface area contributed by atoms with Gasteiger partial charge in [-0.3, -0.25) is 4.79 Å². The Morgan fingerprint density at radius 3 is 2.57 bits per heavy atom. The van der Waals surface area contributed by atoms with Gasteiger partial charge in [0, 0.05) is 11.1 Å². The highest BCUT2D eigenvalue weighted by Crippen LogP contribution is 2.41. The fourth-order valence-corrected chi connectivity index (χ4v) is 3.22. The lowest BCUT2D eigenvalue weighted by atomic mass is 10.00. The molecule has 0 bridgehead atoms. The van der Waals surface area contributed by atoms with E-state index in [2.05, 4.69) is 0 Å². The van der Waals surface area contributed by atoms with Crippen LogP contribution in [0.1, 0.15) is 28.5 Å². The van der Waals surface area contributed by atoms with Crippen LogP contribution in [0.2, 0.25) is 0 Å². The van der Waals surface area contributed by atoms with Gasteiger partial charge >= 0.3 is 0 Å². The predicted molar refractivity (Wildman–Crippen MR) is 75.7 cm³/mol. The van der Waals surface area contributed by atoms with Crippen LogP contribution in [0, 0.1) is 0 Å². The number of benzene rings is 1. The summed E-state index contributed by atoms with van der Waals surface area (Å²) in [7, 11) is 0. The maximum absolute atomic E-state index is 13.0. The molecule has 0 radical (unpaired) electrons. The summed E-state index contributed by atoms with van der Waals surface area (Å²) in [6, 6.07) is 10.1. The van der Waals surface area contributed by atoms with Crippen LogP contribution in [-0.4, -0.2) is 5.78 Å². The molecule has 1 aromatic heterocycles. The molecule has 1 aliphatic rings. The van der Waals surface area contributed by atoms with Crippen molar-refractivity contribution in [3.8, 4) is 0 Å². The molecule has 0 saturated heterocycles. The third-order valence-corrected chi connectivity index (χ3v) is 4.18. The Morgan fingerprint density at radius 1 is 1.19 bits per heavy atom. The van der Waals surface area contributed by atoms with Crippen molar-refractivity contribution in [2.75, 3.05) is 0 Å². The minimum Gasteiger partial charge on any atom is -0.462 e. The molecule has 0 aliphatic carbocycles. The van der Waals surface area contributed by atoms with E-state index in [0.29, 0.717) is 5.56 Å². The fraction of sp³-hybridized carbons (Fsp3) is 0.133. The van der Waals surface area contributed by atoms with E-state index >= 15 is 0 Å². The molecule has 2 aromatic rings. The number of hydrogen-bond acceptors (Lipinski definition) is 4. The Labute approximate surface area is 123 Å². The molecular weight excluding hydrogens is 296 g/mol. The topological polar surface area (TPSA) is 52.3 Å². The summed E-state index contributed by atoms with van der Waals surface area (Å²) in [5, 5.41) is 1.51. The molecule has 1 aliphatic heterocycles. The van der Waals surface area contributed by atoms with Crippen molar-refractivity contribution in [1.29, 1.82) is 0 Å². The van der Waals surface area contributed by atoms with E-state index in [1.807, 2.05) is 6.07 Å². The maximum Gasteiger partial charge on any atom is 0.265 e. The van der Waals surface area contributed by atoms with E-state index in [-0.39, 0.29) is 27.7 Å². The number of Topliss-reactive ketones (excluding diaryl/α,β-unsaturated/α-hetero) is 1. The second kappa shape index (κ2) is 5.29. The highest BCUT2D eigenvalue weighted by molar-refractivity contribution is 7.11. The molecule has 0 fully saturated rings. The van der Waals surface area contributed by atoms with Gasteiger partial charge in [-0.1, -0.05) is 30.3 Å². The fourth-order valence-electron chi connectivity index (χ4n) is 2.26. The van der Waals surface area contributed by atoms with Gasteiger partial charge in [-0.2, -0.15) is 0 Å². The third kappa shape index (κ3) is 2.31. The van der Waals surface area contributed by atoms with Crippen LogP contribution in [0.5, 0.6) is 0 Å². The lowest BCUT2D eigenvalue weighted by Gasteiger charge is -2.09. The van der Waals surface area contributed by atoms with Crippen LogP contribution in [0.4, 0.5) is 8.78 Å². The van der Waals surface area contributed by atoms with Gasteiger partial charge in [0.15, 0.2) is 12.0 Å². The zero-order valence-corrected chi connectivity index (χ0v) is 11.6. The van der Waals surface area contributed by atoms with Gasteiger partial charge in [0.05, 0.1) is 10.5 Å². The number of thiophene rings is 1. The number of hydrogen-bond donors (Lipinski definition) is 1. The molecule has 0 spiro atoms. The van der Waals surface area contributed by atoms with Gasteiger partial charge in [-0.25, -0.2) is 8.78 Å². The minimum atomic E-state index is -2.66. The molecule has 6 heteroatoms. The Bertz CT molecular complexity index is 709. The highest BCUT2D eigenvalue weighted by Gasteiger charge is 2.38. The molecule has 1 atom stereocenters. The van der Waals surface area contributed by atoms with Crippen molar-refractivity contribution < 1.29 is 18.3 Å². The number of carbonyl (C=O) groups is 1. The number of ketones is 1. The van der Waals surface area contributed by atoms with E-state index < -0.39 is 12.5 Å². The van der Waals surface area contributed by atoms with Crippen LogP contribution in [0.3, 0.4) is 0 Å². The molecule has 2 N–H and O–H groups in total. The Hall–Kier alpha value is -2.21. The van der Waals surface area contributed by atoms with E-state index in [1.165, 1.54) is 11.4 Å². The van der Waals surface area contributed by atoms with Gasteiger partial charge in [0.2, 0.25) is 5.78 Å². The van der Waals surface area contributed by atoms with Crippen molar-refractivity contribution >= 4 is 22.7 Å². The van der Waals surface area contributed by atoms with Crippen molar-refractivity contribution in [3.63, 3.8) is 0 Å². The predicted octanol–water partition coefficient (Wildman–Crippen LogP) is 3.65. The highest BCUT2D eigenvalue weighted by atomic mass is 32.1. The summed E-state index contributed by atoms with van der Waals surface area (Å²) < 4.78 is 31.4. The third-order valence-electron chi connectivity index (χ3n) is 3.24. The van der Waals surface area contributed by atoms with Gasteiger partial charge in [0.25, 0.3) is 6.43 Å². The monoisotopic (exact) mass is 307 g/mol. The Morgan fingerprint density at radius 2 is 1.90 bits per heavy atom. The number of alkyl halides is 2. The summed E-state index contributed by atoms with van der Waals surface area (Å²) >= 11 is 1.06. The Balaban J connectivity index is 1.99. The quantitative estimate of drug-likeness (QED) is 0.941. The van der Waals surface area contributed by atoms with Crippen molar-refractivity contribution in [1.82, 2.24) is 0 Å². The normalized spacial score (nSPS) is 18.4. The first kappa shape index (κ1) is 13.8. The van der Waals surface area contributed by atoms with Gasteiger partial charge in [0.1, 0.15) is 0 Å². The van der Waals surface area contributed by atoms with Gasteiger partial charge < -0.3 is 10.5 Å². The first-order chi connectivity index (χ1) is 10.1. The van der Waals surface area contributed by atoms with Crippen LogP contribution in [0.15, 0.2) is 47.7 Å². The average Bonchev–Trinajstić information content (AvgIpc) is 3.04. The summed E-state index contributed by atoms with van der Waals surface area (Å²) in [6.07, 6.45) is -3.52. The molecule has 1 aromatic carbocycles. The number of halogens is 2. The van der Waals surface area contributed by atoms with Crippen LogP contribution in [0.25, 0.3) is 5.57 Å². The van der Waals surface area contributed by atoms with Crippen molar-refractivity contribution in [3.05, 3.63) is 63.7 Å². The first-order valence-electron chi connectivity index (χ1n) is 6.21. The maximum atomic E-state index is 13.0. The first-order valence-corrected chi connectivity index (χ1v) is 7.09. The van der Waals surface area contributed by atoms with E-state index in [0.717, 1.165) is 11.3 Å². The van der Waals surface area contributed by atoms with E-state index in [9.17, 15) is 13.6 Å². The lowest BCUT2D eigenvalue weighted by Crippen LogP contribution is -2.09. The smallest absolute Gasteiger partial charge is 0.265 e. The number of carbonyl (C=O) groups excluding carboxylic acids is 1. The molecule has 0 saturated carbocycles. The van der Waals surface area contributed by atoms with Gasteiger partial charge in [-0.05, 0) is 11.4 Å². The average molecular weight is 307 g/mol. The molecular formula is C15H11F2NO2S. The van der Waals surface area contributed by atoms with E-state index in [1.54, 1.807) is 24.3 Å². The summed E-state index contributed by atoms with van der Waals surface area (Å²) in [5.74, 6) is -0.485.